The molecule has 68 valence electrons. The zero-order valence-corrected chi connectivity index (χ0v) is 7.30. The lowest BCUT2D eigenvalue weighted by molar-refractivity contribution is 0.0955. The minimum absolute atomic E-state index is 0.0584. The van der Waals surface area contributed by atoms with E-state index in [2.05, 4.69) is 5.32 Å². The maximum Gasteiger partial charge on any atom is 0.252 e. The third kappa shape index (κ3) is 1.20. The van der Waals surface area contributed by atoms with E-state index in [1.807, 2.05) is 6.92 Å². The van der Waals surface area contributed by atoms with Crippen molar-refractivity contribution >= 4 is 5.91 Å². The molecular weight excluding hydrogens is 169 g/mol. The molecule has 0 fully saturated rings. The van der Waals surface area contributed by atoms with Crippen molar-refractivity contribution in [3.05, 3.63) is 35.1 Å². The fourth-order valence-electron chi connectivity index (χ4n) is 1.66. The van der Waals surface area contributed by atoms with E-state index in [1.54, 1.807) is 6.07 Å². The van der Waals surface area contributed by atoms with Gasteiger partial charge < -0.3 is 5.32 Å². The number of nitrogens with one attached hydrogen (secondary N) is 1. The summed E-state index contributed by atoms with van der Waals surface area (Å²) in [6.45, 7) is 1.99. The van der Waals surface area contributed by atoms with Crippen molar-refractivity contribution in [2.75, 3.05) is 0 Å². The van der Waals surface area contributed by atoms with E-state index in [9.17, 15) is 9.18 Å². The van der Waals surface area contributed by atoms with Crippen molar-refractivity contribution in [2.45, 2.75) is 19.4 Å². The highest BCUT2D eigenvalue weighted by Crippen LogP contribution is 2.27. The maximum atomic E-state index is 12.8. The molecule has 1 N–H and O–H groups in total. The highest BCUT2D eigenvalue weighted by molar-refractivity contribution is 5.99. The SMILES string of the molecule is CCC1NC(=O)c2cc(F)ccc21. The van der Waals surface area contributed by atoms with Crippen LogP contribution in [0.3, 0.4) is 0 Å². The van der Waals surface area contributed by atoms with Gasteiger partial charge in [0.25, 0.3) is 5.91 Å². The van der Waals surface area contributed by atoms with Crippen molar-refractivity contribution in [3.63, 3.8) is 0 Å². The van der Waals surface area contributed by atoms with Gasteiger partial charge in [0, 0.05) is 5.56 Å². The van der Waals surface area contributed by atoms with Crippen LogP contribution in [0.4, 0.5) is 4.39 Å². The second-order valence-electron chi connectivity index (χ2n) is 3.17. The van der Waals surface area contributed by atoms with Crippen LogP contribution in [0.25, 0.3) is 0 Å². The lowest BCUT2D eigenvalue weighted by atomic mass is 10.0. The smallest absolute Gasteiger partial charge is 0.252 e. The Morgan fingerprint density at radius 2 is 2.31 bits per heavy atom. The van der Waals surface area contributed by atoms with Crippen LogP contribution in [0.1, 0.15) is 35.3 Å². The molecule has 0 aromatic heterocycles. The summed E-state index contributed by atoms with van der Waals surface area (Å²) in [5.74, 6) is -0.521. The Labute approximate surface area is 75.8 Å². The minimum atomic E-state index is -0.356. The second-order valence-corrected chi connectivity index (χ2v) is 3.17. The standard InChI is InChI=1S/C10H10FNO/c1-2-9-7-4-3-6(11)5-8(7)10(13)12-9/h3-5,9H,2H2,1H3,(H,12,13). The minimum Gasteiger partial charge on any atom is -0.345 e. The molecule has 0 bridgehead atoms. The highest BCUT2D eigenvalue weighted by Gasteiger charge is 2.26. The van der Waals surface area contributed by atoms with Crippen LogP contribution in [-0.2, 0) is 0 Å². The van der Waals surface area contributed by atoms with E-state index >= 15 is 0 Å². The number of amides is 1. The predicted octanol–water partition coefficient (Wildman–Crippen LogP) is 2.02. The fraction of sp³-hybridized carbons (Fsp3) is 0.300. The summed E-state index contributed by atoms with van der Waals surface area (Å²) in [7, 11) is 0. The van der Waals surface area contributed by atoms with E-state index in [4.69, 9.17) is 0 Å². The van der Waals surface area contributed by atoms with Crippen molar-refractivity contribution in [3.8, 4) is 0 Å². The van der Waals surface area contributed by atoms with Crippen molar-refractivity contribution < 1.29 is 9.18 Å². The molecule has 0 radical (unpaired) electrons. The molecule has 1 aromatic rings. The molecule has 0 spiro atoms. The van der Waals surface area contributed by atoms with Crippen molar-refractivity contribution in [1.29, 1.82) is 0 Å². The number of carbonyl (C=O) groups excluding carboxylic acids is 1. The van der Waals surface area contributed by atoms with E-state index in [-0.39, 0.29) is 17.8 Å². The second kappa shape index (κ2) is 2.83. The molecule has 0 saturated heterocycles. The molecular formula is C10H10FNO. The van der Waals surface area contributed by atoms with Crippen molar-refractivity contribution in [2.24, 2.45) is 0 Å². The van der Waals surface area contributed by atoms with Gasteiger partial charge in [0.05, 0.1) is 6.04 Å². The molecule has 1 aliphatic rings. The van der Waals surface area contributed by atoms with E-state index in [1.165, 1.54) is 12.1 Å². The van der Waals surface area contributed by atoms with Gasteiger partial charge in [0.1, 0.15) is 5.82 Å². The maximum absolute atomic E-state index is 12.8. The zero-order chi connectivity index (χ0) is 9.42. The summed E-state index contributed by atoms with van der Waals surface area (Å²) in [5, 5.41) is 2.79. The first-order valence-electron chi connectivity index (χ1n) is 4.32. The Balaban J connectivity index is 2.52. The molecule has 1 aliphatic heterocycles. The van der Waals surface area contributed by atoms with Gasteiger partial charge >= 0.3 is 0 Å². The number of fused-ring (bicyclic) bond motifs is 1. The van der Waals surface area contributed by atoms with Gasteiger partial charge in [0.2, 0.25) is 0 Å². The van der Waals surface area contributed by atoms with Crippen LogP contribution in [-0.4, -0.2) is 5.91 Å². The van der Waals surface area contributed by atoms with Crippen LogP contribution in [0.2, 0.25) is 0 Å². The Morgan fingerprint density at radius 1 is 1.54 bits per heavy atom. The van der Waals surface area contributed by atoms with E-state index in [0.29, 0.717) is 5.56 Å². The molecule has 1 unspecified atom stereocenters. The van der Waals surface area contributed by atoms with Crippen molar-refractivity contribution in [1.82, 2.24) is 5.32 Å². The lowest BCUT2D eigenvalue weighted by Gasteiger charge is -2.06. The molecule has 0 saturated carbocycles. The molecule has 13 heavy (non-hydrogen) atoms. The predicted molar refractivity (Wildman–Crippen MR) is 46.9 cm³/mol. The van der Waals surface area contributed by atoms with Crippen LogP contribution < -0.4 is 5.32 Å². The van der Waals surface area contributed by atoms with Crippen LogP contribution in [0, 0.1) is 5.82 Å². The van der Waals surface area contributed by atoms with Crippen LogP contribution in [0.15, 0.2) is 18.2 Å². The topological polar surface area (TPSA) is 29.1 Å². The third-order valence-electron chi connectivity index (χ3n) is 2.35. The summed E-state index contributed by atoms with van der Waals surface area (Å²) in [6, 6.07) is 4.42. The summed E-state index contributed by atoms with van der Waals surface area (Å²) >= 11 is 0. The first-order valence-corrected chi connectivity index (χ1v) is 4.32. The summed E-state index contributed by atoms with van der Waals surface area (Å²) < 4.78 is 12.8. The third-order valence-corrected chi connectivity index (χ3v) is 2.35. The largest absolute Gasteiger partial charge is 0.345 e. The molecule has 1 atom stereocenters. The Hall–Kier alpha value is -1.38. The molecule has 1 aromatic carbocycles. The van der Waals surface area contributed by atoms with Gasteiger partial charge in [-0.05, 0) is 24.1 Å². The zero-order valence-electron chi connectivity index (χ0n) is 7.30. The molecule has 2 rings (SSSR count). The number of hydrogen-bond donors (Lipinski definition) is 1. The number of halogens is 1. The van der Waals surface area contributed by atoms with E-state index in [0.717, 1.165) is 12.0 Å². The van der Waals surface area contributed by atoms with Gasteiger partial charge in [-0.3, -0.25) is 4.79 Å². The number of hydrogen-bond acceptors (Lipinski definition) is 1. The van der Waals surface area contributed by atoms with Crippen LogP contribution in [0.5, 0.6) is 0 Å². The number of benzene rings is 1. The average Bonchev–Trinajstić information content (AvgIpc) is 2.43. The quantitative estimate of drug-likeness (QED) is 0.702. The number of rotatable bonds is 1. The monoisotopic (exact) mass is 179 g/mol. The summed E-state index contributed by atoms with van der Waals surface area (Å²) in [4.78, 5) is 11.3. The highest BCUT2D eigenvalue weighted by atomic mass is 19.1. The molecule has 1 heterocycles. The van der Waals surface area contributed by atoms with Gasteiger partial charge in [0.15, 0.2) is 0 Å². The first kappa shape index (κ1) is 8.23. The van der Waals surface area contributed by atoms with Gasteiger partial charge in [-0.15, -0.1) is 0 Å². The molecule has 0 aliphatic carbocycles. The average molecular weight is 179 g/mol. The lowest BCUT2D eigenvalue weighted by Crippen LogP contribution is -2.17. The molecule has 2 nitrogen and oxygen atoms in total. The number of carbonyl (C=O) groups is 1. The summed E-state index contributed by atoms with van der Waals surface area (Å²) in [6.07, 6.45) is 0.838. The molecule has 3 heteroatoms. The Kier molecular flexibility index (Phi) is 1.79. The Bertz CT molecular complexity index is 362. The normalized spacial score (nSPS) is 19.8. The first-order chi connectivity index (χ1) is 6.22. The van der Waals surface area contributed by atoms with Crippen LogP contribution >= 0.6 is 0 Å². The van der Waals surface area contributed by atoms with Gasteiger partial charge in [-0.25, -0.2) is 4.39 Å². The van der Waals surface area contributed by atoms with Gasteiger partial charge in [-0.2, -0.15) is 0 Å². The van der Waals surface area contributed by atoms with Gasteiger partial charge in [-0.1, -0.05) is 13.0 Å². The summed E-state index contributed by atoms with van der Waals surface area (Å²) in [5.41, 5.74) is 1.39. The van der Waals surface area contributed by atoms with E-state index < -0.39 is 0 Å². The Morgan fingerprint density at radius 3 is 3.00 bits per heavy atom. The molecule has 1 amide bonds. The fourth-order valence-corrected chi connectivity index (χ4v) is 1.66.